The number of hydrogen-bond donors (Lipinski definition) is 3. The predicted octanol–water partition coefficient (Wildman–Crippen LogP) is 3.92. The smallest absolute Gasteiger partial charge is 0.191 e. The lowest BCUT2D eigenvalue weighted by molar-refractivity contribution is 0.415. The van der Waals surface area contributed by atoms with Gasteiger partial charge in [-0.15, -0.1) is 24.0 Å². The number of nitrogens with zero attached hydrogens (tertiary/aromatic N) is 2. The van der Waals surface area contributed by atoms with Crippen molar-refractivity contribution in [1.29, 1.82) is 0 Å². The van der Waals surface area contributed by atoms with Crippen LogP contribution in [0.15, 0.2) is 53.7 Å². The number of H-pyrrole nitrogens is 1. The zero-order valence-electron chi connectivity index (χ0n) is 17.8. The van der Waals surface area contributed by atoms with Gasteiger partial charge in [0.05, 0.1) is 12.8 Å². The molecule has 0 spiro atoms. The molecule has 0 aliphatic carbocycles. The number of anilines is 1. The highest BCUT2D eigenvalue weighted by atomic mass is 127. The number of aromatic nitrogens is 1. The number of aromatic amines is 1. The second-order valence-electron chi connectivity index (χ2n) is 7.50. The SMILES string of the molecule is CN=C(NCCc1c[nH]c2ccc(F)cc12)NC1CCN(c2ccccc2OC)C1.I. The summed E-state index contributed by atoms with van der Waals surface area (Å²) in [6.07, 6.45) is 3.76. The van der Waals surface area contributed by atoms with Crippen molar-refractivity contribution in [2.45, 2.75) is 18.9 Å². The first-order valence-electron chi connectivity index (χ1n) is 10.3. The monoisotopic (exact) mass is 537 g/mol. The minimum atomic E-state index is -0.213. The Bertz CT molecular complexity index is 1040. The van der Waals surface area contributed by atoms with Crippen molar-refractivity contribution < 1.29 is 9.13 Å². The lowest BCUT2D eigenvalue weighted by Crippen LogP contribution is -2.45. The molecule has 166 valence electrons. The van der Waals surface area contributed by atoms with E-state index in [9.17, 15) is 4.39 Å². The molecule has 1 aromatic heterocycles. The van der Waals surface area contributed by atoms with Gasteiger partial charge in [-0.1, -0.05) is 12.1 Å². The Hall–Kier alpha value is -2.49. The van der Waals surface area contributed by atoms with Crippen molar-refractivity contribution >= 4 is 46.5 Å². The summed E-state index contributed by atoms with van der Waals surface area (Å²) in [4.78, 5) is 9.90. The molecule has 1 unspecified atom stereocenters. The number of aliphatic imine (C=N–C) groups is 1. The molecule has 31 heavy (non-hydrogen) atoms. The normalized spacial score (nSPS) is 16.3. The third-order valence-corrected chi connectivity index (χ3v) is 5.59. The summed E-state index contributed by atoms with van der Waals surface area (Å²) in [5, 5.41) is 7.83. The van der Waals surface area contributed by atoms with E-state index >= 15 is 0 Å². The van der Waals surface area contributed by atoms with E-state index in [0.717, 1.165) is 59.8 Å². The van der Waals surface area contributed by atoms with Crippen molar-refractivity contribution in [2.24, 2.45) is 4.99 Å². The van der Waals surface area contributed by atoms with Crippen LogP contribution in [0, 0.1) is 5.82 Å². The quantitative estimate of drug-likeness (QED) is 0.254. The lowest BCUT2D eigenvalue weighted by atomic mass is 10.1. The molecule has 1 fully saturated rings. The fourth-order valence-corrected chi connectivity index (χ4v) is 4.05. The van der Waals surface area contributed by atoms with E-state index < -0.39 is 0 Å². The highest BCUT2D eigenvalue weighted by Gasteiger charge is 2.25. The van der Waals surface area contributed by atoms with Crippen LogP contribution in [0.5, 0.6) is 5.75 Å². The first-order valence-corrected chi connectivity index (χ1v) is 10.3. The zero-order chi connectivity index (χ0) is 20.9. The van der Waals surface area contributed by atoms with E-state index in [4.69, 9.17) is 4.74 Å². The van der Waals surface area contributed by atoms with E-state index in [1.165, 1.54) is 6.07 Å². The highest BCUT2D eigenvalue weighted by molar-refractivity contribution is 14.0. The largest absolute Gasteiger partial charge is 0.495 e. The molecule has 1 aliphatic rings. The van der Waals surface area contributed by atoms with E-state index in [-0.39, 0.29) is 29.8 Å². The van der Waals surface area contributed by atoms with Gasteiger partial charge in [-0.05, 0) is 48.7 Å². The molecule has 8 heteroatoms. The molecule has 2 heterocycles. The molecule has 0 radical (unpaired) electrons. The first kappa shape index (κ1) is 23.2. The van der Waals surface area contributed by atoms with Crippen LogP contribution >= 0.6 is 24.0 Å². The lowest BCUT2D eigenvalue weighted by Gasteiger charge is -2.22. The fraction of sp³-hybridized carbons (Fsp3) is 0.348. The van der Waals surface area contributed by atoms with Gasteiger partial charge in [-0.25, -0.2) is 4.39 Å². The molecule has 4 rings (SSSR count). The molecule has 3 aromatic rings. The summed E-state index contributed by atoms with van der Waals surface area (Å²) in [6, 6.07) is 13.3. The van der Waals surface area contributed by atoms with Gasteiger partial charge in [0.1, 0.15) is 11.6 Å². The Kier molecular flexibility index (Phi) is 8.00. The van der Waals surface area contributed by atoms with E-state index in [0.29, 0.717) is 12.6 Å². The number of ether oxygens (including phenoxy) is 1. The third kappa shape index (κ3) is 5.41. The first-order chi connectivity index (χ1) is 14.7. The number of halogens is 2. The van der Waals surface area contributed by atoms with E-state index in [1.54, 1.807) is 26.3 Å². The van der Waals surface area contributed by atoms with Gasteiger partial charge in [0, 0.05) is 49.8 Å². The van der Waals surface area contributed by atoms with Gasteiger partial charge in [0.25, 0.3) is 0 Å². The molecule has 1 aliphatic heterocycles. The number of guanidine groups is 1. The molecule has 2 aromatic carbocycles. The summed E-state index contributed by atoms with van der Waals surface area (Å²) in [5.74, 6) is 1.47. The summed E-state index contributed by atoms with van der Waals surface area (Å²) >= 11 is 0. The van der Waals surface area contributed by atoms with Crippen molar-refractivity contribution in [1.82, 2.24) is 15.6 Å². The van der Waals surface area contributed by atoms with Crippen LogP contribution in [0.3, 0.4) is 0 Å². The maximum atomic E-state index is 13.6. The number of fused-ring (bicyclic) bond motifs is 1. The Morgan fingerprint density at radius 1 is 1.29 bits per heavy atom. The topological polar surface area (TPSA) is 64.7 Å². The standard InChI is InChI=1S/C23H28FN5O.HI/c1-25-23(26-11-9-16-14-27-20-8-7-17(24)13-19(16)20)28-18-10-12-29(15-18)21-5-3-4-6-22(21)30-2;/h3-8,13-14,18,27H,9-12,15H2,1-2H3,(H2,25,26,28);1H. The average molecular weight is 537 g/mol. The maximum absolute atomic E-state index is 13.6. The van der Waals surface area contributed by atoms with Gasteiger partial charge < -0.3 is 25.3 Å². The van der Waals surface area contributed by atoms with Crippen LogP contribution in [-0.2, 0) is 6.42 Å². The van der Waals surface area contributed by atoms with Gasteiger partial charge >= 0.3 is 0 Å². The Morgan fingerprint density at radius 3 is 2.94 bits per heavy atom. The van der Waals surface area contributed by atoms with Crippen LogP contribution < -0.4 is 20.3 Å². The minimum Gasteiger partial charge on any atom is -0.495 e. The van der Waals surface area contributed by atoms with Crippen molar-refractivity contribution in [2.75, 3.05) is 38.7 Å². The number of benzene rings is 2. The van der Waals surface area contributed by atoms with Crippen LogP contribution in [0.25, 0.3) is 10.9 Å². The fourth-order valence-electron chi connectivity index (χ4n) is 4.05. The molecule has 6 nitrogen and oxygen atoms in total. The highest BCUT2D eigenvalue weighted by Crippen LogP contribution is 2.30. The molecule has 0 bridgehead atoms. The van der Waals surface area contributed by atoms with Crippen LogP contribution in [0.2, 0.25) is 0 Å². The minimum absolute atomic E-state index is 0. The molecule has 1 atom stereocenters. The molecule has 1 saturated heterocycles. The Balaban J connectivity index is 0.00000272. The van der Waals surface area contributed by atoms with Gasteiger partial charge in [0.2, 0.25) is 0 Å². The number of rotatable bonds is 6. The summed E-state index contributed by atoms with van der Waals surface area (Å²) in [5.41, 5.74) is 3.17. The summed E-state index contributed by atoms with van der Waals surface area (Å²) < 4.78 is 19.1. The van der Waals surface area contributed by atoms with Crippen LogP contribution in [0.4, 0.5) is 10.1 Å². The second-order valence-corrected chi connectivity index (χ2v) is 7.50. The van der Waals surface area contributed by atoms with Crippen LogP contribution in [0.1, 0.15) is 12.0 Å². The molecule has 0 amide bonds. The van der Waals surface area contributed by atoms with E-state index in [1.807, 2.05) is 24.4 Å². The predicted molar refractivity (Wildman–Crippen MR) is 135 cm³/mol. The zero-order valence-corrected chi connectivity index (χ0v) is 20.2. The molecule has 3 N–H and O–H groups in total. The average Bonchev–Trinajstić information content (AvgIpc) is 3.40. The van der Waals surface area contributed by atoms with Crippen molar-refractivity contribution in [3.63, 3.8) is 0 Å². The Labute approximate surface area is 199 Å². The van der Waals surface area contributed by atoms with Gasteiger partial charge in [-0.2, -0.15) is 0 Å². The Morgan fingerprint density at radius 2 is 2.13 bits per heavy atom. The third-order valence-electron chi connectivity index (χ3n) is 5.59. The number of para-hydroxylation sites is 2. The van der Waals surface area contributed by atoms with Gasteiger partial charge in [-0.3, -0.25) is 4.99 Å². The number of methoxy groups -OCH3 is 1. The summed E-state index contributed by atoms with van der Waals surface area (Å²) in [6.45, 7) is 2.57. The van der Waals surface area contributed by atoms with Crippen molar-refractivity contribution in [3.05, 3.63) is 60.0 Å². The number of hydrogen-bond acceptors (Lipinski definition) is 3. The number of nitrogens with one attached hydrogen (secondary N) is 3. The molecule has 0 saturated carbocycles. The van der Waals surface area contributed by atoms with E-state index in [2.05, 4.69) is 31.6 Å². The van der Waals surface area contributed by atoms with Crippen molar-refractivity contribution in [3.8, 4) is 5.75 Å². The summed E-state index contributed by atoms with van der Waals surface area (Å²) in [7, 11) is 3.49. The van der Waals surface area contributed by atoms with Gasteiger partial charge in [0.15, 0.2) is 5.96 Å². The molecular formula is C23H29FIN5O. The maximum Gasteiger partial charge on any atom is 0.191 e. The second kappa shape index (κ2) is 10.7. The van der Waals surface area contributed by atoms with Crippen LogP contribution in [-0.4, -0.2) is 50.8 Å². The molecular weight excluding hydrogens is 508 g/mol.